The minimum Gasteiger partial charge on any atom is -0.477 e. The van der Waals surface area contributed by atoms with E-state index in [9.17, 15) is 4.79 Å². The molecule has 0 bridgehead atoms. The van der Waals surface area contributed by atoms with Gasteiger partial charge in [0, 0.05) is 36.8 Å². The number of aromatic nitrogens is 3. The molecular formula is C14H16N4O3S. The summed E-state index contributed by atoms with van der Waals surface area (Å²) in [5, 5.41) is 12.0. The van der Waals surface area contributed by atoms with Gasteiger partial charge in [-0.25, -0.2) is 19.7 Å². The molecule has 2 aromatic rings. The molecule has 0 aromatic carbocycles. The van der Waals surface area contributed by atoms with Crippen molar-refractivity contribution in [2.24, 2.45) is 5.92 Å². The highest BCUT2D eigenvalue weighted by Gasteiger charge is 2.22. The molecule has 0 amide bonds. The number of aromatic carboxylic acids is 1. The molecule has 22 heavy (non-hydrogen) atoms. The highest BCUT2D eigenvalue weighted by molar-refractivity contribution is 7.09. The van der Waals surface area contributed by atoms with Crippen molar-refractivity contribution in [3.05, 3.63) is 34.5 Å². The van der Waals surface area contributed by atoms with E-state index in [1.807, 2.05) is 10.3 Å². The van der Waals surface area contributed by atoms with Crippen LogP contribution in [-0.4, -0.2) is 45.8 Å². The molecule has 0 aliphatic carbocycles. The normalized spacial score (nSPS) is 17.5. The lowest BCUT2D eigenvalue weighted by molar-refractivity contribution is 0.0690. The summed E-state index contributed by atoms with van der Waals surface area (Å²) in [5.41, 5.74) is -0.00295. The molecule has 0 radical (unpaired) electrons. The van der Waals surface area contributed by atoms with Crippen LogP contribution in [0.5, 0.6) is 0 Å². The number of thiazole rings is 1. The number of nitrogens with zero attached hydrogens (tertiary/aromatic N) is 4. The van der Waals surface area contributed by atoms with Crippen molar-refractivity contribution in [1.82, 2.24) is 15.0 Å². The quantitative estimate of drug-likeness (QED) is 0.866. The average molecular weight is 320 g/mol. The fourth-order valence-corrected chi connectivity index (χ4v) is 3.00. The molecule has 3 heterocycles. The summed E-state index contributed by atoms with van der Waals surface area (Å²) in [6, 6.07) is 1.39. The van der Waals surface area contributed by atoms with Crippen LogP contribution in [0.2, 0.25) is 0 Å². The van der Waals surface area contributed by atoms with Gasteiger partial charge in [0.15, 0.2) is 5.69 Å². The molecule has 0 saturated carbocycles. The van der Waals surface area contributed by atoms with Crippen molar-refractivity contribution in [2.75, 3.05) is 24.7 Å². The number of anilines is 1. The van der Waals surface area contributed by atoms with Gasteiger partial charge in [-0.15, -0.1) is 11.3 Å². The SMILES string of the molecule is O=C(O)c1ccnc(N(Cc2nccs2)CC2CCOC2)n1. The first kappa shape index (κ1) is 14.9. The smallest absolute Gasteiger partial charge is 0.354 e. The summed E-state index contributed by atoms with van der Waals surface area (Å²) in [7, 11) is 0. The Balaban J connectivity index is 1.82. The summed E-state index contributed by atoms with van der Waals surface area (Å²) in [4.78, 5) is 25.7. The van der Waals surface area contributed by atoms with Gasteiger partial charge in [0.2, 0.25) is 5.95 Å². The number of rotatable bonds is 6. The maximum Gasteiger partial charge on any atom is 0.354 e. The topological polar surface area (TPSA) is 88.4 Å². The Kier molecular flexibility index (Phi) is 4.59. The van der Waals surface area contributed by atoms with Crippen LogP contribution in [0.15, 0.2) is 23.8 Å². The molecular weight excluding hydrogens is 304 g/mol. The molecule has 1 fully saturated rings. The maximum absolute atomic E-state index is 11.1. The van der Waals surface area contributed by atoms with Crippen molar-refractivity contribution < 1.29 is 14.6 Å². The zero-order valence-corrected chi connectivity index (χ0v) is 12.7. The van der Waals surface area contributed by atoms with Crippen LogP contribution < -0.4 is 4.90 Å². The number of carbonyl (C=O) groups is 1. The lowest BCUT2D eigenvalue weighted by Crippen LogP contribution is -2.31. The Morgan fingerprint density at radius 3 is 3.05 bits per heavy atom. The standard InChI is InChI=1S/C14H16N4O3S/c19-13(20)11-1-3-16-14(17-11)18(7-10-2-5-21-9-10)8-12-15-4-6-22-12/h1,3-4,6,10H,2,5,7-9H2,(H,19,20). The van der Waals surface area contributed by atoms with Crippen LogP contribution in [0.1, 0.15) is 21.9 Å². The molecule has 3 rings (SSSR count). The third-order valence-electron chi connectivity index (χ3n) is 3.46. The number of ether oxygens (including phenoxy) is 1. The Hall–Kier alpha value is -2.06. The minimum atomic E-state index is -1.05. The summed E-state index contributed by atoms with van der Waals surface area (Å²) in [5.74, 6) is -0.235. The van der Waals surface area contributed by atoms with Gasteiger partial charge in [-0.05, 0) is 12.5 Å². The molecule has 0 spiro atoms. The second kappa shape index (κ2) is 6.80. The fourth-order valence-electron chi connectivity index (χ4n) is 2.37. The highest BCUT2D eigenvalue weighted by Crippen LogP contribution is 2.20. The van der Waals surface area contributed by atoms with Gasteiger partial charge in [0.1, 0.15) is 5.01 Å². The highest BCUT2D eigenvalue weighted by atomic mass is 32.1. The Bertz CT molecular complexity index is 629. The van der Waals surface area contributed by atoms with Crippen molar-refractivity contribution in [3.8, 4) is 0 Å². The molecule has 7 nitrogen and oxygen atoms in total. The van der Waals surface area contributed by atoms with E-state index in [1.165, 1.54) is 12.3 Å². The van der Waals surface area contributed by atoms with Crippen LogP contribution in [0.25, 0.3) is 0 Å². The second-order valence-corrected chi connectivity index (χ2v) is 6.06. The number of hydrogen-bond donors (Lipinski definition) is 1. The number of hydrogen-bond acceptors (Lipinski definition) is 7. The summed E-state index contributed by atoms with van der Waals surface area (Å²) >= 11 is 1.56. The first-order chi connectivity index (χ1) is 10.7. The average Bonchev–Trinajstić information content (AvgIpc) is 3.20. The molecule has 116 valence electrons. The van der Waals surface area contributed by atoms with Gasteiger partial charge < -0.3 is 14.7 Å². The predicted molar refractivity (Wildman–Crippen MR) is 81.1 cm³/mol. The third-order valence-corrected chi connectivity index (χ3v) is 4.22. The van der Waals surface area contributed by atoms with Crippen LogP contribution in [0, 0.1) is 5.92 Å². The van der Waals surface area contributed by atoms with Crippen molar-refractivity contribution >= 4 is 23.3 Å². The zero-order chi connectivity index (χ0) is 15.4. The van der Waals surface area contributed by atoms with Gasteiger partial charge in [0.25, 0.3) is 0 Å². The summed E-state index contributed by atoms with van der Waals surface area (Å²) in [6.07, 6.45) is 4.23. The second-order valence-electron chi connectivity index (χ2n) is 5.08. The summed E-state index contributed by atoms with van der Waals surface area (Å²) in [6.45, 7) is 2.78. The Morgan fingerprint density at radius 1 is 1.45 bits per heavy atom. The van der Waals surface area contributed by atoms with Crippen molar-refractivity contribution in [2.45, 2.75) is 13.0 Å². The van der Waals surface area contributed by atoms with E-state index in [4.69, 9.17) is 9.84 Å². The minimum absolute atomic E-state index is 0.00295. The van der Waals surface area contributed by atoms with E-state index in [0.717, 1.165) is 24.6 Å². The Morgan fingerprint density at radius 2 is 2.36 bits per heavy atom. The molecule has 8 heteroatoms. The van der Waals surface area contributed by atoms with Gasteiger partial charge in [-0.2, -0.15) is 0 Å². The van der Waals surface area contributed by atoms with E-state index in [0.29, 0.717) is 25.0 Å². The molecule has 1 aliphatic heterocycles. The third kappa shape index (κ3) is 3.58. The lowest BCUT2D eigenvalue weighted by Gasteiger charge is -2.24. The van der Waals surface area contributed by atoms with Crippen LogP contribution in [0.4, 0.5) is 5.95 Å². The maximum atomic E-state index is 11.1. The zero-order valence-electron chi connectivity index (χ0n) is 11.9. The van der Waals surface area contributed by atoms with Gasteiger partial charge in [0.05, 0.1) is 13.2 Å². The molecule has 1 atom stereocenters. The first-order valence-electron chi connectivity index (χ1n) is 7.00. The summed E-state index contributed by atoms with van der Waals surface area (Å²) < 4.78 is 5.42. The largest absolute Gasteiger partial charge is 0.477 e. The van der Waals surface area contributed by atoms with Crippen molar-refractivity contribution in [3.63, 3.8) is 0 Å². The van der Waals surface area contributed by atoms with E-state index < -0.39 is 5.97 Å². The molecule has 2 aromatic heterocycles. The molecule has 1 unspecified atom stereocenters. The molecule has 1 N–H and O–H groups in total. The Labute approximate surface area is 131 Å². The number of carboxylic acid groups (broad SMARTS) is 1. The van der Waals surface area contributed by atoms with E-state index in [-0.39, 0.29) is 5.69 Å². The number of carboxylic acids is 1. The van der Waals surface area contributed by atoms with E-state index in [1.54, 1.807) is 17.5 Å². The molecule has 1 aliphatic rings. The van der Waals surface area contributed by atoms with Crippen molar-refractivity contribution in [1.29, 1.82) is 0 Å². The monoisotopic (exact) mass is 320 g/mol. The van der Waals surface area contributed by atoms with Crippen LogP contribution in [-0.2, 0) is 11.3 Å². The van der Waals surface area contributed by atoms with Gasteiger partial charge in [-0.3, -0.25) is 0 Å². The lowest BCUT2D eigenvalue weighted by atomic mass is 10.1. The van der Waals surface area contributed by atoms with Crippen LogP contribution in [0.3, 0.4) is 0 Å². The van der Waals surface area contributed by atoms with E-state index >= 15 is 0 Å². The van der Waals surface area contributed by atoms with Gasteiger partial charge >= 0.3 is 5.97 Å². The fraction of sp³-hybridized carbons (Fsp3) is 0.429. The predicted octanol–water partition coefficient (Wildman–Crippen LogP) is 1.67. The first-order valence-corrected chi connectivity index (χ1v) is 7.88. The molecule has 1 saturated heterocycles. The van der Waals surface area contributed by atoms with E-state index in [2.05, 4.69) is 15.0 Å². The van der Waals surface area contributed by atoms with Crippen LogP contribution >= 0.6 is 11.3 Å². The van der Waals surface area contributed by atoms with Gasteiger partial charge in [-0.1, -0.05) is 0 Å².